The molecule has 128 valence electrons. The summed E-state index contributed by atoms with van der Waals surface area (Å²) < 4.78 is 35.0. The number of aromatic nitrogens is 2. The first-order valence-corrected chi connectivity index (χ1v) is 9.70. The van der Waals surface area contributed by atoms with E-state index in [1.807, 2.05) is 19.1 Å². The SMILES string of the molecule is COc1ccc2c(c1)N(S(=O)(=O)c1ccnn1C1CCC1)CC2C. The van der Waals surface area contributed by atoms with Gasteiger partial charge < -0.3 is 4.74 Å². The van der Waals surface area contributed by atoms with Crippen molar-refractivity contribution in [1.82, 2.24) is 9.78 Å². The third-order valence-corrected chi connectivity index (χ3v) is 6.86. The zero-order valence-electron chi connectivity index (χ0n) is 13.8. The Kier molecular flexibility index (Phi) is 3.56. The lowest BCUT2D eigenvalue weighted by molar-refractivity contribution is 0.271. The van der Waals surface area contributed by atoms with Crippen LogP contribution in [0.4, 0.5) is 5.69 Å². The molecule has 6 nitrogen and oxygen atoms in total. The molecule has 0 saturated heterocycles. The summed E-state index contributed by atoms with van der Waals surface area (Å²) in [5, 5.41) is 4.56. The van der Waals surface area contributed by atoms with Crippen LogP contribution in [0.1, 0.15) is 43.7 Å². The van der Waals surface area contributed by atoms with Crippen LogP contribution in [-0.2, 0) is 10.0 Å². The van der Waals surface area contributed by atoms with E-state index in [1.54, 1.807) is 30.1 Å². The quantitative estimate of drug-likeness (QED) is 0.853. The summed E-state index contributed by atoms with van der Waals surface area (Å²) in [6.45, 7) is 2.49. The second kappa shape index (κ2) is 5.51. The van der Waals surface area contributed by atoms with Gasteiger partial charge in [0.2, 0.25) is 0 Å². The van der Waals surface area contributed by atoms with Gasteiger partial charge in [0.1, 0.15) is 5.75 Å². The highest BCUT2D eigenvalue weighted by Crippen LogP contribution is 2.42. The maximum atomic E-state index is 13.3. The van der Waals surface area contributed by atoms with Gasteiger partial charge in [0.15, 0.2) is 5.03 Å². The number of benzene rings is 1. The Labute approximate surface area is 142 Å². The van der Waals surface area contributed by atoms with E-state index < -0.39 is 10.0 Å². The van der Waals surface area contributed by atoms with Crippen molar-refractivity contribution in [2.24, 2.45) is 0 Å². The fourth-order valence-electron chi connectivity index (χ4n) is 3.48. The largest absolute Gasteiger partial charge is 0.497 e. The molecule has 4 rings (SSSR count). The molecule has 0 bridgehead atoms. The van der Waals surface area contributed by atoms with Crippen LogP contribution >= 0.6 is 0 Å². The molecular formula is C17H21N3O3S. The highest BCUT2D eigenvalue weighted by atomic mass is 32.2. The molecule has 24 heavy (non-hydrogen) atoms. The summed E-state index contributed by atoms with van der Waals surface area (Å²) in [6, 6.07) is 7.45. The van der Waals surface area contributed by atoms with Crippen molar-refractivity contribution in [3.05, 3.63) is 36.0 Å². The van der Waals surface area contributed by atoms with Crippen LogP contribution in [0.5, 0.6) is 5.75 Å². The molecule has 1 aliphatic heterocycles. The average Bonchev–Trinajstić information content (AvgIpc) is 3.11. The minimum Gasteiger partial charge on any atom is -0.497 e. The molecule has 1 aromatic carbocycles. The van der Waals surface area contributed by atoms with Crippen molar-refractivity contribution in [2.75, 3.05) is 18.0 Å². The van der Waals surface area contributed by atoms with Gasteiger partial charge in [-0.2, -0.15) is 13.5 Å². The number of fused-ring (bicyclic) bond motifs is 1. The zero-order valence-corrected chi connectivity index (χ0v) is 14.7. The summed E-state index contributed by atoms with van der Waals surface area (Å²) in [5.74, 6) is 0.816. The van der Waals surface area contributed by atoms with E-state index >= 15 is 0 Å². The summed E-state index contributed by atoms with van der Waals surface area (Å²) in [5.41, 5.74) is 1.75. The maximum Gasteiger partial charge on any atom is 0.281 e. The Morgan fingerprint density at radius 1 is 1.25 bits per heavy atom. The summed E-state index contributed by atoms with van der Waals surface area (Å²) in [6.07, 6.45) is 4.69. The lowest BCUT2D eigenvalue weighted by atomic mass is 9.93. The minimum absolute atomic E-state index is 0.153. The van der Waals surface area contributed by atoms with Gasteiger partial charge in [0, 0.05) is 18.5 Å². The van der Waals surface area contributed by atoms with Gasteiger partial charge in [-0.25, -0.2) is 4.68 Å². The van der Waals surface area contributed by atoms with Gasteiger partial charge in [0.25, 0.3) is 10.0 Å². The van der Waals surface area contributed by atoms with Crippen molar-refractivity contribution in [2.45, 2.75) is 43.2 Å². The molecule has 1 aliphatic carbocycles. The molecule has 0 spiro atoms. The Hall–Kier alpha value is -2.02. The van der Waals surface area contributed by atoms with E-state index in [2.05, 4.69) is 5.10 Å². The van der Waals surface area contributed by atoms with E-state index in [-0.39, 0.29) is 17.0 Å². The van der Waals surface area contributed by atoms with Crippen molar-refractivity contribution in [3.8, 4) is 5.75 Å². The topological polar surface area (TPSA) is 64.4 Å². The molecule has 0 N–H and O–H groups in total. The number of anilines is 1. The lowest BCUT2D eigenvalue weighted by Gasteiger charge is -2.28. The molecule has 2 heterocycles. The average molecular weight is 347 g/mol. The fraction of sp³-hybridized carbons (Fsp3) is 0.471. The highest BCUT2D eigenvalue weighted by Gasteiger charge is 2.38. The Morgan fingerprint density at radius 2 is 2.04 bits per heavy atom. The Balaban J connectivity index is 1.78. The lowest BCUT2D eigenvalue weighted by Crippen LogP contribution is -2.33. The van der Waals surface area contributed by atoms with E-state index in [9.17, 15) is 8.42 Å². The van der Waals surface area contributed by atoms with Crippen LogP contribution in [0, 0.1) is 0 Å². The van der Waals surface area contributed by atoms with Gasteiger partial charge in [-0.1, -0.05) is 13.0 Å². The normalized spacial score (nSPS) is 20.8. The Bertz CT molecular complexity index is 871. The molecule has 0 radical (unpaired) electrons. The van der Waals surface area contributed by atoms with Crippen LogP contribution < -0.4 is 9.04 Å². The van der Waals surface area contributed by atoms with Gasteiger partial charge in [0.05, 0.1) is 25.0 Å². The van der Waals surface area contributed by atoms with Crippen molar-refractivity contribution < 1.29 is 13.2 Å². The number of ether oxygens (including phenoxy) is 1. The first kappa shape index (κ1) is 15.5. The molecule has 0 amide bonds. The molecule has 2 aromatic rings. The third kappa shape index (κ3) is 2.22. The number of methoxy groups -OCH3 is 1. The Morgan fingerprint density at radius 3 is 2.71 bits per heavy atom. The number of hydrogen-bond donors (Lipinski definition) is 0. The van der Waals surface area contributed by atoms with Gasteiger partial charge in [-0.3, -0.25) is 4.31 Å². The van der Waals surface area contributed by atoms with Gasteiger partial charge in [-0.05, 0) is 37.0 Å². The molecule has 1 atom stereocenters. The number of nitrogens with zero attached hydrogens (tertiary/aromatic N) is 3. The number of hydrogen-bond acceptors (Lipinski definition) is 4. The second-order valence-electron chi connectivity index (χ2n) is 6.56. The number of rotatable bonds is 4. The predicted octanol–water partition coefficient (Wildman–Crippen LogP) is 2.93. The fourth-order valence-corrected chi connectivity index (χ4v) is 5.21. The molecule has 7 heteroatoms. The summed E-state index contributed by atoms with van der Waals surface area (Å²) in [4.78, 5) is 0. The minimum atomic E-state index is -3.64. The predicted molar refractivity (Wildman–Crippen MR) is 91.1 cm³/mol. The molecule has 1 fully saturated rings. The first-order chi connectivity index (χ1) is 11.5. The van der Waals surface area contributed by atoms with Crippen LogP contribution in [0.25, 0.3) is 0 Å². The third-order valence-electron chi connectivity index (χ3n) is 5.09. The smallest absolute Gasteiger partial charge is 0.281 e. The molecular weight excluding hydrogens is 326 g/mol. The van der Waals surface area contributed by atoms with E-state index in [1.165, 1.54) is 4.31 Å². The maximum absolute atomic E-state index is 13.3. The first-order valence-electron chi connectivity index (χ1n) is 8.26. The van der Waals surface area contributed by atoms with Gasteiger partial charge >= 0.3 is 0 Å². The molecule has 1 aromatic heterocycles. The van der Waals surface area contributed by atoms with Crippen LogP contribution in [-0.4, -0.2) is 31.9 Å². The highest BCUT2D eigenvalue weighted by molar-refractivity contribution is 7.92. The van der Waals surface area contributed by atoms with E-state index in [0.717, 1.165) is 24.8 Å². The van der Waals surface area contributed by atoms with Crippen molar-refractivity contribution >= 4 is 15.7 Å². The summed E-state index contributed by atoms with van der Waals surface area (Å²) in [7, 11) is -2.05. The molecule has 1 unspecified atom stereocenters. The standard InChI is InChI=1S/C17H21N3O3S/c1-12-11-19(16-10-14(23-2)6-7-15(12)16)24(21,22)17-8-9-18-20(17)13-4-3-5-13/h6-10,12-13H,3-5,11H2,1-2H3. The zero-order chi connectivity index (χ0) is 16.9. The van der Waals surface area contributed by atoms with E-state index in [4.69, 9.17) is 4.74 Å². The van der Waals surface area contributed by atoms with Gasteiger partial charge in [-0.15, -0.1) is 0 Å². The molecule has 2 aliphatic rings. The van der Waals surface area contributed by atoms with Crippen LogP contribution in [0.2, 0.25) is 0 Å². The van der Waals surface area contributed by atoms with E-state index in [0.29, 0.717) is 18.0 Å². The van der Waals surface area contributed by atoms with Crippen molar-refractivity contribution in [3.63, 3.8) is 0 Å². The van der Waals surface area contributed by atoms with Crippen LogP contribution in [0.15, 0.2) is 35.5 Å². The monoisotopic (exact) mass is 347 g/mol. The summed E-state index contributed by atoms with van der Waals surface area (Å²) >= 11 is 0. The molecule has 1 saturated carbocycles. The van der Waals surface area contributed by atoms with Crippen molar-refractivity contribution in [1.29, 1.82) is 0 Å². The second-order valence-corrected chi connectivity index (χ2v) is 8.37. The number of sulfonamides is 1. The van der Waals surface area contributed by atoms with Crippen LogP contribution in [0.3, 0.4) is 0 Å².